The van der Waals surface area contributed by atoms with Crippen molar-refractivity contribution in [3.05, 3.63) is 59.2 Å². The van der Waals surface area contributed by atoms with Crippen LogP contribution in [0.3, 0.4) is 0 Å². The van der Waals surface area contributed by atoms with Crippen molar-refractivity contribution in [2.75, 3.05) is 19.7 Å². The third-order valence-corrected chi connectivity index (χ3v) is 7.23. The summed E-state index contributed by atoms with van der Waals surface area (Å²) in [6, 6.07) is 8.03. The Bertz CT molecular complexity index is 1070. The van der Waals surface area contributed by atoms with E-state index in [4.69, 9.17) is 17.4 Å². The quantitative estimate of drug-likeness (QED) is 0.241. The van der Waals surface area contributed by atoms with Gasteiger partial charge in [0.25, 0.3) is 0 Å². The van der Waals surface area contributed by atoms with Crippen LogP contribution in [0, 0.1) is 11.7 Å². The molecule has 1 aromatic carbocycles. The number of esters is 1. The Morgan fingerprint density at radius 3 is 2.72 bits per heavy atom. The van der Waals surface area contributed by atoms with Crippen molar-refractivity contribution < 1.29 is 18.7 Å². The smallest absolute Gasteiger partial charge is 0.305 e. The van der Waals surface area contributed by atoms with Gasteiger partial charge in [0.15, 0.2) is 5.78 Å². The van der Waals surface area contributed by atoms with E-state index in [0.29, 0.717) is 31.7 Å². The molecule has 9 heteroatoms. The highest BCUT2D eigenvalue weighted by Crippen LogP contribution is 2.39. The number of carbonyl (C=O) groups excluding carboxylic acids is 2. The zero-order valence-corrected chi connectivity index (χ0v) is 22.4. The molecular formula is C27H35ClFN3O3S. The van der Waals surface area contributed by atoms with Gasteiger partial charge >= 0.3 is 5.97 Å². The molecule has 2 unspecified atom stereocenters. The largest absolute Gasteiger partial charge is 0.466 e. The highest BCUT2D eigenvalue weighted by molar-refractivity contribution is 7.81. The number of ether oxygens (including phenoxy) is 1. The molecule has 0 amide bonds. The standard InChI is InChI=1S/C27H34FN3O3S.ClH/c1-2-34-25(32)9-5-6-14-31-16-12-21(29-31)17-20-18-30(15-13-24(20)35)26(27(33)19-10-11-19)22-7-3-4-8-23(22)28;/h3-4,7-8,12,16-17,19,24,26,35H,2,5-6,9-11,13-15,18H2,1H3;1H. The molecule has 1 saturated carbocycles. The van der Waals surface area contributed by atoms with Crippen LogP contribution in [-0.4, -0.2) is 51.4 Å². The predicted octanol–water partition coefficient (Wildman–Crippen LogP) is 5.29. The van der Waals surface area contributed by atoms with Crippen LogP contribution in [0.15, 0.2) is 42.1 Å². The Balaban J connectivity index is 0.00000361. The second-order valence-electron chi connectivity index (χ2n) is 9.36. The molecule has 1 aromatic heterocycles. The maximum absolute atomic E-state index is 14.7. The summed E-state index contributed by atoms with van der Waals surface area (Å²) in [6.45, 7) is 4.19. The van der Waals surface area contributed by atoms with Crippen molar-refractivity contribution in [3.8, 4) is 0 Å². The lowest BCUT2D eigenvalue weighted by Crippen LogP contribution is -2.42. The Kier molecular flexibility index (Phi) is 10.6. The van der Waals surface area contributed by atoms with Gasteiger partial charge in [-0.1, -0.05) is 18.2 Å². The van der Waals surface area contributed by atoms with Gasteiger partial charge in [0, 0.05) is 49.0 Å². The normalized spacial score (nSPS) is 20.1. The van der Waals surface area contributed by atoms with Crippen LogP contribution >= 0.6 is 25.0 Å². The van der Waals surface area contributed by atoms with Gasteiger partial charge in [0.1, 0.15) is 5.82 Å². The van der Waals surface area contributed by atoms with Crippen molar-refractivity contribution in [3.63, 3.8) is 0 Å². The first-order valence-electron chi connectivity index (χ1n) is 12.6. The summed E-state index contributed by atoms with van der Waals surface area (Å²) >= 11 is 4.79. The number of thiol groups is 1. The molecule has 1 aliphatic carbocycles. The molecule has 0 radical (unpaired) electrons. The molecule has 4 rings (SSSR count). The zero-order valence-electron chi connectivity index (χ0n) is 20.6. The molecule has 6 nitrogen and oxygen atoms in total. The minimum absolute atomic E-state index is 0. The van der Waals surface area contributed by atoms with E-state index in [-0.39, 0.29) is 41.1 Å². The number of hydrogen-bond donors (Lipinski definition) is 1. The summed E-state index contributed by atoms with van der Waals surface area (Å²) in [5.74, 6) is -0.319. The molecule has 2 fully saturated rings. The fourth-order valence-corrected chi connectivity index (χ4v) is 4.89. The topological polar surface area (TPSA) is 64.4 Å². The second-order valence-corrected chi connectivity index (χ2v) is 9.98. The number of Topliss-reactive ketones (excluding diaryl/α,β-unsaturated/α-hetero) is 1. The molecular weight excluding hydrogens is 501 g/mol. The van der Waals surface area contributed by atoms with E-state index in [1.165, 1.54) is 6.07 Å². The Morgan fingerprint density at radius 1 is 1.22 bits per heavy atom. The van der Waals surface area contributed by atoms with Gasteiger partial charge in [-0.25, -0.2) is 4.39 Å². The van der Waals surface area contributed by atoms with Crippen LogP contribution in [0.4, 0.5) is 4.39 Å². The lowest BCUT2D eigenvalue weighted by molar-refractivity contribution is -0.143. The van der Waals surface area contributed by atoms with E-state index in [1.807, 2.05) is 29.9 Å². The van der Waals surface area contributed by atoms with Crippen LogP contribution < -0.4 is 0 Å². The fourth-order valence-electron chi connectivity index (χ4n) is 4.62. The first kappa shape index (κ1) is 28.4. The van der Waals surface area contributed by atoms with E-state index in [9.17, 15) is 14.0 Å². The van der Waals surface area contributed by atoms with E-state index in [1.54, 1.807) is 18.2 Å². The lowest BCUT2D eigenvalue weighted by atomic mass is 9.93. The summed E-state index contributed by atoms with van der Waals surface area (Å²) in [7, 11) is 0. The van der Waals surface area contributed by atoms with Gasteiger partial charge in [0.05, 0.1) is 18.3 Å². The summed E-state index contributed by atoms with van der Waals surface area (Å²) in [4.78, 5) is 26.8. The van der Waals surface area contributed by atoms with Gasteiger partial charge < -0.3 is 4.74 Å². The second kappa shape index (κ2) is 13.4. The van der Waals surface area contributed by atoms with Crippen LogP contribution in [-0.2, 0) is 20.9 Å². The maximum atomic E-state index is 14.7. The van der Waals surface area contributed by atoms with Crippen LogP contribution in [0.1, 0.15) is 62.7 Å². The van der Waals surface area contributed by atoms with Crippen molar-refractivity contribution in [2.45, 2.75) is 63.3 Å². The van der Waals surface area contributed by atoms with E-state index >= 15 is 0 Å². The van der Waals surface area contributed by atoms with Crippen LogP contribution in [0.25, 0.3) is 6.08 Å². The molecule has 2 aromatic rings. The predicted molar refractivity (Wildman–Crippen MR) is 144 cm³/mol. The molecule has 1 aliphatic heterocycles. The van der Waals surface area contributed by atoms with Crippen LogP contribution in [0.2, 0.25) is 0 Å². The number of rotatable bonds is 11. The Labute approximate surface area is 224 Å². The van der Waals surface area contributed by atoms with Crippen molar-refractivity contribution in [2.24, 2.45) is 5.92 Å². The van der Waals surface area contributed by atoms with E-state index < -0.39 is 6.04 Å². The molecule has 2 atom stereocenters. The van der Waals surface area contributed by atoms with Gasteiger partial charge in [-0.2, -0.15) is 17.7 Å². The number of unbranched alkanes of at least 4 members (excludes halogenated alkanes) is 1. The molecule has 0 N–H and O–H groups in total. The first-order valence-corrected chi connectivity index (χ1v) is 13.1. The van der Waals surface area contributed by atoms with E-state index in [0.717, 1.165) is 49.9 Å². The van der Waals surface area contributed by atoms with Gasteiger partial charge in [-0.05, 0) is 62.8 Å². The van der Waals surface area contributed by atoms with Gasteiger partial charge in [-0.3, -0.25) is 19.2 Å². The summed E-state index contributed by atoms with van der Waals surface area (Å²) in [5.41, 5.74) is 2.38. The number of likely N-dealkylation sites (tertiary alicyclic amines) is 1. The van der Waals surface area contributed by atoms with E-state index in [2.05, 4.69) is 10.00 Å². The highest BCUT2D eigenvalue weighted by Gasteiger charge is 2.40. The minimum atomic E-state index is -0.565. The number of halogens is 2. The number of nitrogens with zero attached hydrogens (tertiary/aromatic N) is 3. The summed E-state index contributed by atoms with van der Waals surface area (Å²) in [5, 5.41) is 4.72. The fraction of sp³-hybridized carbons (Fsp3) is 0.519. The lowest BCUT2D eigenvalue weighted by Gasteiger charge is -2.37. The molecule has 2 aliphatic rings. The SMILES string of the molecule is CCOC(=O)CCCCn1ccc(C=C2CN(C(C(=O)C3CC3)c3ccccc3F)CCC2S)n1.Cl. The number of aromatic nitrogens is 2. The monoisotopic (exact) mass is 535 g/mol. The number of hydrogen-bond acceptors (Lipinski definition) is 6. The van der Waals surface area contributed by atoms with Gasteiger partial charge in [0.2, 0.25) is 0 Å². The molecule has 2 heterocycles. The average molecular weight is 536 g/mol. The number of piperidine rings is 1. The Morgan fingerprint density at radius 2 is 2.00 bits per heavy atom. The van der Waals surface area contributed by atoms with Crippen molar-refractivity contribution in [1.29, 1.82) is 0 Å². The summed E-state index contributed by atoms with van der Waals surface area (Å²) < 4.78 is 21.6. The molecule has 0 bridgehead atoms. The zero-order chi connectivity index (χ0) is 24.8. The van der Waals surface area contributed by atoms with Crippen LogP contribution in [0.5, 0.6) is 0 Å². The number of benzene rings is 1. The van der Waals surface area contributed by atoms with Crippen molar-refractivity contribution >= 4 is 42.9 Å². The number of carbonyl (C=O) groups is 2. The molecule has 36 heavy (non-hydrogen) atoms. The average Bonchev–Trinajstić information content (AvgIpc) is 3.60. The van der Waals surface area contributed by atoms with Crippen molar-refractivity contribution in [1.82, 2.24) is 14.7 Å². The molecule has 1 saturated heterocycles. The van der Waals surface area contributed by atoms with Gasteiger partial charge in [-0.15, -0.1) is 12.4 Å². The highest BCUT2D eigenvalue weighted by atomic mass is 35.5. The summed E-state index contributed by atoms with van der Waals surface area (Å²) in [6.07, 6.45) is 8.57. The number of ketones is 1. The minimum Gasteiger partial charge on any atom is -0.466 e. The third kappa shape index (κ3) is 7.43. The first-order chi connectivity index (χ1) is 17.0. The maximum Gasteiger partial charge on any atom is 0.305 e. The number of aryl methyl sites for hydroxylation is 1. The Hall–Kier alpha value is -2.16. The molecule has 196 valence electrons. The third-order valence-electron chi connectivity index (χ3n) is 6.64. The molecule has 0 spiro atoms.